The van der Waals surface area contributed by atoms with Crippen molar-refractivity contribution in [1.82, 2.24) is 25.8 Å². The highest BCUT2D eigenvalue weighted by Crippen LogP contribution is 2.43. The predicted molar refractivity (Wildman–Crippen MR) is 216 cm³/mol. The van der Waals surface area contributed by atoms with Crippen LogP contribution in [0.5, 0.6) is 5.75 Å². The fourth-order valence-electron chi connectivity index (χ4n) is 7.80. The molecule has 1 fully saturated rings. The number of aromatic amines is 1. The number of nitrogens with zero attached hydrogens (tertiary/aromatic N) is 1. The standard InChI is InChI=1S/C44H52N6O5/c45-42(53)44(33-15-7-2-8-16-33,34-17-9-3-10-18-34)35-23-27-50(30-35)28-26-48-43(54)47-25-12-4-11-24-46-29-38(51)36-19-21-39(41-37(36)20-22-40(52)49-41)55-31-32-13-5-1-6-14-32/h1-3,5-10,13-22,35,38,46,51H,4,11-12,23-31H2,(H2,45,53)(H,49,52)(H2,47,48,54)/t35-,38+/m1/s1. The van der Waals surface area contributed by atoms with Gasteiger partial charge >= 0.3 is 6.03 Å². The Hall–Kier alpha value is -5.49. The molecule has 11 nitrogen and oxygen atoms in total. The zero-order chi connectivity index (χ0) is 38.5. The number of urea groups is 1. The van der Waals surface area contributed by atoms with Gasteiger partial charge in [-0.05, 0) is 72.7 Å². The summed E-state index contributed by atoms with van der Waals surface area (Å²) in [5, 5.41) is 21.0. The zero-order valence-corrected chi connectivity index (χ0v) is 31.2. The maximum absolute atomic E-state index is 13.3. The number of nitrogens with two attached hydrogens (primary N) is 1. The highest BCUT2D eigenvalue weighted by atomic mass is 16.5. The van der Waals surface area contributed by atoms with Gasteiger partial charge < -0.3 is 41.4 Å². The number of H-pyrrole nitrogens is 1. The van der Waals surface area contributed by atoms with E-state index in [0.717, 1.165) is 60.8 Å². The second kappa shape index (κ2) is 19.2. The van der Waals surface area contributed by atoms with Gasteiger partial charge in [-0.2, -0.15) is 0 Å². The van der Waals surface area contributed by atoms with E-state index >= 15 is 0 Å². The summed E-state index contributed by atoms with van der Waals surface area (Å²) < 4.78 is 6.03. The third kappa shape index (κ3) is 9.79. The Labute approximate surface area is 322 Å². The molecule has 0 spiro atoms. The van der Waals surface area contributed by atoms with Gasteiger partial charge in [0.2, 0.25) is 11.5 Å². The molecule has 11 heteroatoms. The van der Waals surface area contributed by atoms with E-state index in [4.69, 9.17) is 10.5 Å². The van der Waals surface area contributed by atoms with Gasteiger partial charge in [-0.3, -0.25) is 9.59 Å². The zero-order valence-electron chi connectivity index (χ0n) is 31.2. The third-order valence-corrected chi connectivity index (χ3v) is 10.6. The minimum atomic E-state index is -0.931. The first-order chi connectivity index (χ1) is 26.9. The summed E-state index contributed by atoms with van der Waals surface area (Å²) in [6, 6.07) is 36.1. The molecule has 2 heterocycles. The number of nitrogens with one attached hydrogen (secondary N) is 4. The molecule has 0 saturated carbocycles. The van der Waals surface area contributed by atoms with Crippen LogP contribution in [0.3, 0.4) is 0 Å². The second-order valence-corrected chi connectivity index (χ2v) is 14.2. The Balaban J connectivity index is 0.876. The first-order valence-corrected chi connectivity index (χ1v) is 19.2. The summed E-state index contributed by atoms with van der Waals surface area (Å²) in [4.78, 5) is 43.1. The molecule has 5 aromatic rings. The highest BCUT2D eigenvalue weighted by molar-refractivity contribution is 5.91. The van der Waals surface area contributed by atoms with Crippen LogP contribution >= 0.6 is 0 Å². The Kier molecular flexibility index (Phi) is 13.7. The molecule has 1 aromatic heterocycles. The average Bonchev–Trinajstić information content (AvgIpc) is 3.68. The predicted octanol–water partition coefficient (Wildman–Crippen LogP) is 4.99. The van der Waals surface area contributed by atoms with E-state index in [1.165, 1.54) is 6.07 Å². The molecule has 1 saturated heterocycles. The Morgan fingerprint density at radius 2 is 1.49 bits per heavy atom. The van der Waals surface area contributed by atoms with Crippen molar-refractivity contribution in [3.05, 3.63) is 148 Å². The van der Waals surface area contributed by atoms with Gasteiger partial charge in [0.05, 0.1) is 11.6 Å². The van der Waals surface area contributed by atoms with Crippen LogP contribution < -0.4 is 32.0 Å². The number of carbonyl (C=O) groups is 2. The lowest BCUT2D eigenvalue weighted by molar-refractivity contribution is -0.123. The van der Waals surface area contributed by atoms with Crippen LogP contribution in [0.1, 0.15) is 54.0 Å². The molecule has 3 amide bonds. The molecule has 288 valence electrons. The largest absolute Gasteiger partial charge is 0.487 e. The lowest BCUT2D eigenvalue weighted by Gasteiger charge is -2.37. The maximum Gasteiger partial charge on any atom is 0.314 e. The molecular weight excluding hydrogens is 693 g/mol. The van der Waals surface area contributed by atoms with Gasteiger partial charge in [0.15, 0.2) is 0 Å². The molecule has 1 aliphatic heterocycles. The van der Waals surface area contributed by atoms with E-state index < -0.39 is 11.5 Å². The fourth-order valence-corrected chi connectivity index (χ4v) is 7.80. The summed E-state index contributed by atoms with van der Waals surface area (Å²) in [5.74, 6) is 0.215. The summed E-state index contributed by atoms with van der Waals surface area (Å²) in [6.45, 7) is 4.72. The summed E-state index contributed by atoms with van der Waals surface area (Å²) in [7, 11) is 0. The van der Waals surface area contributed by atoms with Crippen molar-refractivity contribution in [2.45, 2.75) is 43.8 Å². The smallest absolute Gasteiger partial charge is 0.314 e. The SMILES string of the molecule is NC(=O)C(c1ccccc1)(c1ccccc1)[C@@H]1CCN(CCNC(=O)NCCCCCNC[C@H](O)c2ccc(OCc3ccccc3)c3[nH]c(=O)ccc23)C1. The first kappa shape index (κ1) is 39.2. The number of fused-ring (bicyclic) bond motifs is 1. The van der Waals surface area contributed by atoms with Crippen molar-refractivity contribution < 1.29 is 19.4 Å². The number of hydrogen-bond donors (Lipinski definition) is 6. The first-order valence-electron chi connectivity index (χ1n) is 19.2. The van der Waals surface area contributed by atoms with E-state index in [0.29, 0.717) is 56.2 Å². The van der Waals surface area contributed by atoms with Crippen molar-refractivity contribution in [1.29, 1.82) is 0 Å². The molecule has 1 aliphatic rings. The summed E-state index contributed by atoms with van der Waals surface area (Å²) >= 11 is 0. The van der Waals surface area contributed by atoms with Gasteiger partial charge in [-0.25, -0.2) is 4.79 Å². The molecule has 4 aromatic carbocycles. The normalized spacial score (nSPS) is 15.1. The minimum absolute atomic E-state index is 0.00472. The molecular formula is C44H52N6O5. The topological polar surface area (TPSA) is 162 Å². The third-order valence-electron chi connectivity index (χ3n) is 10.6. The number of rotatable bonds is 19. The van der Waals surface area contributed by atoms with Crippen molar-refractivity contribution in [3.63, 3.8) is 0 Å². The quantitative estimate of drug-likeness (QED) is 0.0650. The number of benzene rings is 4. The number of primary amides is 1. The summed E-state index contributed by atoms with van der Waals surface area (Å²) in [6.07, 6.45) is 2.70. The van der Waals surface area contributed by atoms with Gasteiger partial charge in [0, 0.05) is 44.2 Å². The monoisotopic (exact) mass is 744 g/mol. The number of aliphatic hydroxyl groups excluding tert-OH is 1. The van der Waals surface area contributed by atoms with E-state index in [1.54, 1.807) is 12.1 Å². The fraction of sp³-hybridized carbons (Fsp3) is 0.341. The van der Waals surface area contributed by atoms with Gasteiger partial charge in [-0.1, -0.05) is 103 Å². The number of hydrogen-bond acceptors (Lipinski definition) is 7. The number of ether oxygens (including phenoxy) is 1. The van der Waals surface area contributed by atoms with Crippen LogP contribution in [-0.4, -0.2) is 72.7 Å². The van der Waals surface area contributed by atoms with Crippen LogP contribution in [0.15, 0.2) is 120 Å². The lowest BCUT2D eigenvalue weighted by Crippen LogP contribution is -2.49. The van der Waals surface area contributed by atoms with Crippen molar-refractivity contribution in [2.24, 2.45) is 11.7 Å². The van der Waals surface area contributed by atoms with Gasteiger partial charge in [-0.15, -0.1) is 0 Å². The molecule has 6 rings (SSSR count). The highest BCUT2D eigenvalue weighted by Gasteiger charge is 2.49. The van der Waals surface area contributed by atoms with Crippen molar-refractivity contribution in [3.8, 4) is 5.75 Å². The molecule has 0 unspecified atom stereocenters. The number of unbranched alkanes of at least 4 members (excludes halogenated alkanes) is 2. The molecule has 0 bridgehead atoms. The van der Waals surface area contributed by atoms with Crippen LogP contribution in [0.4, 0.5) is 4.79 Å². The van der Waals surface area contributed by atoms with Gasteiger partial charge in [0.25, 0.3) is 0 Å². The number of pyridine rings is 1. The number of aromatic nitrogens is 1. The van der Waals surface area contributed by atoms with Gasteiger partial charge in [0.1, 0.15) is 17.8 Å². The minimum Gasteiger partial charge on any atom is -0.487 e. The molecule has 0 radical (unpaired) electrons. The number of likely N-dealkylation sites (tertiary alicyclic amines) is 1. The maximum atomic E-state index is 13.3. The number of aliphatic hydroxyl groups is 1. The molecule has 0 aliphatic carbocycles. The van der Waals surface area contributed by atoms with E-state index in [9.17, 15) is 19.5 Å². The van der Waals surface area contributed by atoms with E-state index in [1.807, 2.05) is 97.1 Å². The molecule has 7 N–H and O–H groups in total. The Morgan fingerprint density at radius 3 is 2.18 bits per heavy atom. The lowest BCUT2D eigenvalue weighted by atomic mass is 9.64. The number of amides is 3. The number of carbonyl (C=O) groups excluding carboxylic acids is 2. The molecule has 2 atom stereocenters. The van der Waals surface area contributed by atoms with Crippen LogP contribution in [0.25, 0.3) is 10.9 Å². The van der Waals surface area contributed by atoms with Crippen molar-refractivity contribution >= 4 is 22.8 Å². The average molecular weight is 745 g/mol. The molecule has 55 heavy (non-hydrogen) atoms. The second-order valence-electron chi connectivity index (χ2n) is 14.2. The van der Waals surface area contributed by atoms with Crippen LogP contribution in [0.2, 0.25) is 0 Å². The van der Waals surface area contributed by atoms with Crippen molar-refractivity contribution in [2.75, 3.05) is 45.8 Å². The van der Waals surface area contributed by atoms with E-state index in [2.05, 4.69) is 25.8 Å². The van der Waals surface area contributed by atoms with E-state index in [-0.39, 0.29) is 23.4 Å². The Morgan fingerprint density at radius 1 is 0.836 bits per heavy atom. The Bertz CT molecular complexity index is 2000. The van der Waals surface area contributed by atoms with Crippen LogP contribution in [0, 0.1) is 5.92 Å². The van der Waals surface area contributed by atoms with Crippen LogP contribution in [-0.2, 0) is 16.8 Å². The summed E-state index contributed by atoms with van der Waals surface area (Å²) in [5.41, 5.74) is 9.17.